The van der Waals surface area contributed by atoms with Gasteiger partial charge in [0.15, 0.2) is 0 Å². The topological polar surface area (TPSA) is 84.9 Å². The quantitative estimate of drug-likeness (QED) is 0.778. The fourth-order valence-corrected chi connectivity index (χ4v) is 3.64. The van der Waals surface area contributed by atoms with Crippen molar-refractivity contribution in [1.82, 2.24) is 5.32 Å². The molecule has 156 valence electrons. The van der Waals surface area contributed by atoms with Crippen LogP contribution in [0.3, 0.4) is 0 Å². The molecule has 0 aliphatic carbocycles. The number of carbonyl (C=O) groups is 3. The number of hydrogen-bond donors (Lipinski definition) is 1. The Morgan fingerprint density at radius 1 is 0.933 bits per heavy atom. The van der Waals surface area contributed by atoms with Gasteiger partial charge in [-0.15, -0.1) is 0 Å². The molecule has 1 atom stereocenters. The van der Waals surface area contributed by atoms with Crippen LogP contribution in [0.2, 0.25) is 0 Å². The fourth-order valence-electron chi connectivity index (χ4n) is 3.64. The maximum Gasteiger partial charge on any atom is 0.337 e. The van der Waals surface area contributed by atoms with Crippen LogP contribution in [0.5, 0.6) is 0 Å². The summed E-state index contributed by atoms with van der Waals surface area (Å²) in [4.78, 5) is 38.9. The summed E-state index contributed by atoms with van der Waals surface area (Å²) in [5.74, 6) is -1.00. The van der Waals surface area contributed by atoms with Gasteiger partial charge in [-0.05, 0) is 50.1 Å². The van der Waals surface area contributed by atoms with Crippen LogP contribution in [0, 0.1) is 13.8 Å². The number of hydrogen-bond acceptors (Lipinski definition) is 5. The molecule has 1 N–H and O–H groups in total. The summed E-state index contributed by atoms with van der Waals surface area (Å²) >= 11 is 0. The van der Waals surface area contributed by atoms with Gasteiger partial charge in [0.05, 0.1) is 37.1 Å². The molecule has 30 heavy (non-hydrogen) atoms. The third-order valence-electron chi connectivity index (χ3n) is 5.15. The van der Waals surface area contributed by atoms with Crippen molar-refractivity contribution in [3.63, 3.8) is 0 Å². The lowest BCUT2D eigenvalue weighted by atomic mass is 9.93. The Hall–Kier alpha value is -3.61. The molecule has 3 rings (SSSR count). The van der Waals surface area contributed by atoms with E-state index in [-0.39, 0.29) is 6.03 Å². The van der Waals surface area contributed by atoms with Gasteiger partial charge < -0.3 is 14.8 Å². The molecule has 0 radical (unpaired) electrons. The molecule has 0 aromatic heterocycles. The zero-order chi connectivity index (χ0) is 22.0. The SMILES string of the molecule is COC(=O)C1=C(C)N(c2ccc(C)cc2C)C(=O)N[C@@H]1c1ccc(C(=O)OC)cc1. The maximum absolute atomic E-state index is 13.1. The summed E-state index contributed by atoms with van der Waals surface area (Å²) in [5, 5.41) is 2.89. The zero-order valence-electron chi connectivity index (χ0n) is 17.6. The number of methoxy groups -OCH3 is 2. The molecule has 2 amide bonds. The van der Waals surface area contributed by atoms with Crippen LogP contribution in [0.4, 0.5) is 10.5 Å². The van der Waals surface area contributed by atoms with Crippen molar-refractivity contribution in [2.75, 3.05) is 19.1 Å². The van der Waals surface area contributed by atoms with Gasteiger partial charge in [0.2, 0.25) is 0 Å². The maximum atomic E-state index is 13.1. The van der Waals surface area contributed by atoms with Gasteiger partial charge in [-0.3, -0.25) is 4.90 Å². The number of aryl methyl sites for hydroxylation is 2. The largest absolute Gasteiger partial charge is 0.466 e. The Morgan fingerprint density at radius 2 is 1.57 bits per heavy atom. The molecule has 1 aliphatic rings. The van der Waals surface area contributed by atoms with Gasteiger partial charge in [-0.1, -0.05) is 29.8 Å². The first-order valence-electron chi connectivity index (χ1n) is 9.43. The molecule has 2 aromatic carbocycles. The lowest BCUT2D eigenvalue weighted by Gasteiger charge is -2.36. The number of benzene rings is 2. The molecule has 1 aliphatic heterocycles. The fraction of sp³-hybridized carbons (Fsp3) is 0.261. The minimum absolute atomic E-state index is 0.322. The molecule has 0 unspecified atom stereocenters. The predicted octanol–water partition coefficient (Wildman–Crippen LogP) is 3.81. The normalized spacial score (nSPS) is 16.2. The first-order valence-corrected chi connectivity index (χ1v) is 9.43. The molecule has 0 saturated heterocycles. The molecule has 0 bridgehead atoms. The molecule has 1 heterocycles. The van der Waals surface area contributed by atoms with Crippen molar-refractivity contribution < 1.29 is 23.9 Å². The summed E-state index contributed by atoms with van der Waals surface area (Å²) in [7, 11) is 2.61. The lowest BCUT2D eigenvalue weighted by Crippen LogP contribution is -2.48. The summed E-state index contributed by atoms with van der Waals surface area (Å²) in [6.45, 7) is 5.61. The van der Waals surface area contributed by atoms with E-state index in [0.717, 1.165) is 11.1 Å². The van der Waals surface area contributed by atoms with E-state index in [1.54, 1.807) is 31.2 Å². The Labute approximate surface area is 175 Å². The minimum atomic E-state index is -0.710. The molecular formula is C23H24N2O5. The number of urea groups is 1. The van der Waals surface area contributed by atoms with E-state index in [4.69, 9.17) is 9.47 Å². The Kier molecular flexibility index (Phi) is 5.91. The van der Waals surface area contributed by atoms with Crippen molar-refractivity contribution in [2.24, 2.45) is 0 Å². The summed E-state index contributed by atoms with van der Waals surface area (Å²) in [5.41, 5.74) is 4.51. The van der Waals surface area contributed by atoms with Crippen LogP contribution in [0.1, 0.15) is 40.0 Å². The van der Waals surface area contributed by atoms with E-state index in [2.05, 4.69) is 5.32 Å². The van der Waals surface area contributed by atoms with Gasteiger partial charge in [0.25, 0.3) is 0 Å². The van der Waals surface area contributed by atoms with Gasteiger partial charge in [-0.2, -0.15) is 0 Å². The highest BCUT2D eigenvalue weighted by molar-refractivity contribution is 6.03. The average molecular weight is 408 g/mol. The van der Waals surface area contributed by atoms with E-state index >= 15 is 0 Å². The van der Waals surface area contributed by atoms with E-state index in [0.29, 0.717) is 28.1 Å². The summed E-state index contributed by atoms with van der Waals surface area (Å²) in [6.07, 6.45) is 0. The Balaban J connectivity index is 2.10. The molecule has 0 fully saturated rings. The summed E-state index contributed by atoms with van der Waals surface area (Å²) < 4.78 is 9.73. The zero-order valence-corrected chi connectivity index (χ0v) is 17.6. The lowest BCUT2D eigenvalue weighted by molar-refractivity contribution is -0.136. The summed E-state index contributed by atoms with van der Waals surface area (Å²) in [6, 6.07) is 11.2. The van der Waals surface area contributed by atoms with Crippen LogP contribution in [0.25, 0.3) is 0 Å². The highest BCUT2D eigenvalue weighted by atomic mass is 16.5. The predicted molar refractivity (Wildman–Crippen MR) is 112 cm³/mol. The Morgan fingerprint density at radius 3 is 2.13 bits per heavy atom. The standard InChI is InChI=1S/C23H24N2O5/c1-13-6-11-18(14(2)12-13)25-15(3)19(22(27)30-5)20(24-23(25)28)16-7-9-17(10-8-16)21(26)29-4/h6-12,20H,1-5H3,(H,24,28)/t20-/m1/s1. The van der Waals surface area contributed by atoms with Crippen LogP contribution < -0.4 is 10.2 Å². The average Bonchev–Trinajstić information content (AvgIpc) is 2.73. The first kappa shape index (κ1) is 21.1. The molecule has 7 heteroatoms. The van der Waals surface area contributed by atoms with E-state index < -0.39 is 18.0 Å². The number of ether oxygens (including phenoxy) is 2. The minimum Gasteiger partial charge on any atom is -0.466 e. The Bertz CT molecular complexity index is 1040. The van der Waals surface area contributed by atoms with Crippen LogP contribution in [0.15, 0.2) is 53.7 Å². The molecule has 0 saturated carbocycles. The second-order valence-corrected chi connectivity index (χ2v) is 7.11. The van der Waals surface area contributed by atoms with Crippen molar-refractivity contribution in [3.05, 3.63) is 76.0 Å². The van der Waals surface area contributed by atoms with Crippen molar-refractivity contribution in [1.29, 1.82) is 0 Å². The molecule has 7 nitrogen and oxygen atoms in total. The number of amides is 2. The van der Waals surface area contributed by atoms with Crippen molar-refractivity contribution in [2.45, 2.75) is 26.8 Å². The highest BCUT2D eigenvalue weighted by Gasteiger charge is 2.37. The molecular weight excluding hydrogens is 384 g/mol. The van der Waals surface area contributed by atoms with E-state index in [9.17, 15) is 14.4 Å². The van der Waals surface area contributed by atoms with Crippen LogP contribution in [-0.2, 0) is 14.3 Å². The highest BCUT2D eigenvalue weighted by Crippen LogP contribution is 2.35. The number of anilines is 1. The number of esters is 2. The van der Waals surface area contributed by atoms with Gasteiger partial charge in [0.1, 0.15) is 0 Å². The number of allylic oxidation sites excluding steroid dienone is 1. The third-order valence-corrected chi connectivity index (χ3v) is 5.15. The smallest absolute Gasteiger partial charge is 0.337 e. The second-order valence-electron chi connectivity index (χ2n) is 7.11. The number of nitrogens with one attached hydrogen (secondary N) is 1. The van der Waals surface area contributed by atoms with Crippen molar-refractivity contribution in [3.8, 4) is 0 Å². The second kappa shape index (κ2) is 8.41. The monoisotopic (exact) mass is 408 g/mol. The van der Waals surface area contributed by atoms with Gasteiger partial charge in [-0.25, -0.2) is 14.4 Å². The first-order chi connectivity index (χ1) is 14.3. The van der Waals surface area contributed by atoms with Gasteiger partial charge in [0, 0.05) is 5.70 Å². The van der Waals surface area contributed by atoms with Gasteiger partial charge >= 0.3 is 18.0 Å². The number of nitrogens with zero attached hydrogens (tertiary/aromatic N) is 1. The number of carbonyl (C=O) groups excluding carboxylic acids is 3. The third kappa shape index (κ3) is 3.78. The van der Waals surface area contributed by atoms with Crippen LogP contribution in [-0.4, -0.2) is 32.2 Å². The van der Waals surface area contributed by atoms with E-state index in [1.807, 2.05) is 32.0 Å². The van der Waals surface area contributed by atoms with Crippen LogP contribution >= 0.6 is 0 Å². The van der Waals surface area contributed by atoms with Crippen molar-refractivity contribution >= 4 is 23.7 Å². The molecule has 0 spiro atoms. The van der Waals surface area contributed by atoms with E-state index in [1.165, 1.54) is 19.1 Å². The molecule has 2 aromatic rings. The number of rotatable bonds is 4.